The Labute approximate surface area is 189 Å². The van der Waals surface area contributed by atoms with Crippen LogP contribution in [0.5, 0.6) is 5.75 Å². The molecule has 3 heterocycles. The van der Waals surface area contributed by atoms with E-state index >= 15 is 0 Å². The van der Waals surface area contributed by atoms with E-state index in [9.17, 15) is 14.9 Å². The molecule has 32 heavy (non-hydrogen) atoms. The van der Waals surface area contributed by atoms with Gasteiger partial charge in [0.2, 0.25) is 0 Å². The van der Waals surface area contributed by atoms with Crippen LogP contribution in [0, 0.1) is 11.3 Å². The Morgan fingerprint density at radius 2 is 2.00 bits per heavy atom. The Morgan fingerprint density at radius 1 is 1.25 bits per heavy atom. The van der Waals surface area contributed by atoms with Crippen molar-refractivity contribution in [1.82, 2.24) is 4.57 Å². The lowest BCUT2D eigenvalue weighted by Gasteiger charge is -2.44. The molecule has 2 aliphatic heterocycles. The first-order valence-electron chi connectivity index (χ1n) is 10.2. The normalized spacial score (nSPS) is 20.8. The molecule has 11 heteroatoms. The number of carbonyl (C=O) groups excluding carboxylic acids is 2. The maximum atomic E-state index is 11.8. The van der Waals surface area contributed by atoms with E-state index in [1.54, 1.807) is 24.3 Å². The van der Waals surface area contributed by atoms with Gasteiger partial charge in [0, 0.05) is 12.8 Å². The predicted octanol–water partition coefficient (Wildman–Crippen LogP) is 2.66. The third-order valence-electron chi connectivity index (χ3n) is 5.99. The monoisotopic (exact) mass is 460 g/mol. The minimum atomic E-state index is -1.00. The van der Waals surface area contributed by atoms with Crippen LogP contribution < -0.4 is 16.2 Å². The van der Waals surface area contributed by atoms with Gasteiger partial charge in [-0.3, -0.25) is 4.84 Å². The number of hydrogen-bond acceptors (Lipinski definition) is 6. The molecular weight excluding hydrogens is 438 g/mol. The Bertz CT molecular complexity index is 1100. The van der Waals surface area contributed by atoms with Crippen LogP contribution in [0.4, 0.5) is 9.59 Å². The number of halogens is 1. The first-order valence-corrected chi connectivity index (χ1v) is 10.5. The van der Waals surface area contributed by atoms with Gasteiger partial charge in [0.1, 0.15) is 23.4 Å². The van der Waals surface area contributed by atoms with Gasteiger partial charge in [0.25, 0.3) is 0 Å². The highest BCUT2D eigenvalue weighted by Crippen LogP contribution is 2.46. The lowest BCUT2D eigenvalue weighted by Crippen LogP contribution is -2.61. The SMILES string of the molecule is N#Cc1cccc(-c2c(OC(N)=O)c3n(c2Cl)CC[N+](OC(N)=O)(C2CCOCC2)C3)c1. The highest BCUT2D eigenvalue weighted by molar-refractivity contribution is 6.33. The molecule has 4 rings (SSSR count). The van der Waals surface area contributed by atoms with Crippen molar-refractivity contribution in [3.05, 3.63) is 40.7 Å². The Hall–Kier alpha value is -3.26. The zero-order valence-electron chi connectivity index (χ0n) is 17.3. The fourth-order valence-electron chi connectivity index (χ4n) is 4.61. The zero-order chi connectivity index (χ0) is 22.9. The number of nitrogens with zero attached hydrogens (tertiary/aromatic N) is 3. The van der Waals surface area contributed by atoms with Crippen LogP contribution in [0.15, 0.2) is 24.3 Å². The van der Waals surface area contributed by atoms with Crippen molar-refractivity contribution in [2.45, 2.75) is 32.0 Å². The van der Waals surface area contributed by atoms with Gasteiger partial charge in [-0.15, -0.1) is 4.65 Å². The molecule has 1 saturated heterocycles. The number of amides is 2. The average molecular weight is 461 g/mol. The summed E-state index contributed by atoms with van der Waals surface area (Å²) in [5.74, 6) is 0.180. The van der Waals surface area contributed by atoms with Crippen LogP contribution >= 0.6 is 11.6 Å². The summed E-state index contributed by atoms with van der Waals surface area (Å²) in [6.45, 7) is 2.11. The van der Waals surface area contributed by atoms with Crippen molar-refractivity contribution >= 4 is 23.8 Å². The second-order valence-corrected chi connectivity index (χ2v) is 8.15. The van der Waals surface area contributed by atoms with Crippen LogP contribution in [0.25, 0.3) is 11.1 Å². The topological polar surface area (TPSA) is 143 Å². The van der Waals surface area contributed by atoms with E-state index in [0.29, 0.717) is 66.7 Å². The van der Waals surface area contributed by atoms with Crippen LogP contribution in [-0.4, -0.2) is 47.2 Å². The molecule has 0 spiro atoms. The number of ether oxygens (including phenoxy) is 2. The molecule has 2 amide bonds. The molecule has 2 aliphatic rings. The van der Waals surface area contributed by atoms with E-state index in [2.05, 4.69) is 6.07 Å². The molecule has 0 radical (unpaired) electrons. The van der Waals surface area contributed by atoms with Crippen LogP contribution in [0.1, 0.15) is 24.1 Å². The van der Waals surface area contributed by atoms with Crippen LogP contribution in [-0.2, 0) is 22.7 Å². The molecule has 0 bridgehead atoms. The van der Waals surface area contributed by atoms with E-state index in [-0.39, 0.29) is 23.0 Å². The minimum absolute atomic E-state index is 0.0366. The molecular formula is C21H23ClN5O5+. The van der Waals surface area contributed by atoms with E-state index in [1.165, 1.54) is 0 Å². The summed E-state index contributed by atoms with van der Waals surface area (Å²) in [5.41, 5.74) is 12.8. The van der Waals surface area contributed by atoms with Crippen molar-refractivity contribution in [3.8, 4) is 22.9 Å². The first-order chi connectivity index (χ1) is 15.3. The lowest BCUT2D eigenvalue weighted by molar-refractivity contribution is -1.12. The van der Waals surface area contributed by atoms with Gasteiger partial charge in [-0.25, -0.2) is 9.59 Å². The summed E-state index contributed by atoms with van der Waals surface area (Å²) in [7, 11) is 0. The van der Waals surface area contributed by atoms with Gasteiger partial charge in [-0.2, -0.15) is 5.26 Å². The standard InChI is InChI=1S/C21H22ClN5O5/c22-19-17(14-3-1-2-13(10-14)11-23)18(31-20(24)28)16-12-27(32-21(25)29,7-6-26(16)19)15-4-8-30-9-5-15/h1-3,10,15H,4-9,12H2,(H3-,24,25,28,29)/p+1. The number of quaternary nitrogens is 1. The molecule has 168 valence electrons. The molecule has 1 unspecified atom stereocenters. The molecule has 0 saturated carbocycles. The predicted molar refractivity (Wildman–Crippen MR) is 113 cm³/mol. The molecule has 1 atom stereocenters. The minimum Gasteiger partial charge on any atom is -0.408 e. The largest absolute Gasteiger partial charge is 0.459 e. The fourth-order valence-corrected chi connectivity index (χ4v) is 4.99. The second kappa shape index (κ2) is 8.70. The number of carbonyl (C=O) groups is 2. The highest BCUT2D eigenvalue weighted by Gasteiger charge is 2.48. The summed E-state index contributed by atoms with van der Waals surface area (Å²) in [4.78, 5) is 29.3. The van der Waals surface area contributed by atoms with Gasteiger partial charge in [0.05, 0.1) is 37.0 Å². The van der Waals surface area contributed by atoms with E-state index in [4.69, 9.17) is 37.4 Å². The van der Waals surface area contributed by atoms with E-state index < -0.39 is 12.2 Å². The molecule has 0 aliphatic carbocycles. The van der Waals surface area contributed by atoms with Crippen LogP contribution in [0.3, 0.4) is 0 Å². The number of aromatic nitrogens is 1. The Kier molecular flexibility index (Phi) is 5.97. The maximum absolute atomic E-state index is 11.8. The van der Waals surface area contributed by atoms with Crippen molar-refractivity contribution in [2.24, 2.45) is 11.5 Å². The Morgan fingerprint density at radius 3 is 2.66 bits per heavy atom. The van der Waals surface area contributed by atoms with Crippen molar-refractivity contribution in [1.29, 1.82) is 5.26 Å². The first kappa shape index (κ1) is 22.0. The lowest BCUT2D eigenvalue weighted by atomic mass is 10.0. The average Bonchev–Trinajstić information content (AvgIpc) is 3.04. The van der Waals surface area contributed by atoms with E-state index in [1.807, 2.05) is 4.57 Å². The quantitative estimate of drug-likeness (QED) is 0.671. The third kappa shape index (κ3) is 3.98. The third-order valence-corrected chi connectivity index (χ3v) is 6.38. The fraction of sp³-hybridized carbons (Fsp3) is 0.381. The maximum Gasteiger partial charge on any atom is 0.459 e. The van der Waals surface area contributed by atoms with Crippen molar-refractivity contribution < 1.29 is 28.5 Å². The molecule has 10 nitrogen and oxygen atoms in total. The molecule has 4 N–H and O–H groups in total. The smallest absolute Gasteiger partial charge is 0.408 e. The number of rotatable bonds is 4. The number of hydrogen-bond donors (Lipinski definition) is 2. The molecule has 2 aromatic rings. The number of nitrogens with two attached hydrogens (primary N) is 2. The van der Waals surface area contributed by atoms with Crippen molar-refractivity contribution in [2.75, 3.05) is 19.8 Å². The summed E-state index contributed by atoms with van der Waals surface area (Å²) in [6.07, 6.45) is -0.518. The van der Waals surface area contributed by atoms with Gasteiger partial charge < -0.3 is 25.5 Å². The van der Waals surface area contributed by atoms with Gasteiger partial charge in [0.15, 0.2) is 12.3 Å². The summed E-state index contributed by atoms with van der Waals surface area (Å²) < 4.78 is 12.7. The number of benzene rings is 1. The number of primary amides is 2. The highest BCUT2D eigenvalue weighted by atomic mass is 35.5. The van der Waals surface area contributed by atoms with Gasteiger partial charge >= 0.3 is 12.2 Å². The molecule has 1 aromatic heterocycles. The van der Waals surface area contributed by atoms with Gasteiger partial charge in [-0.1, -0.05) is 23.7 Å². The number of hydroxylamine groups is 3. The summed E-state index contributed by atoms with van der Waals surface area (Å²) >= 11 is 6.73. The summed E-state index contributed by atoms with van der Waals surface area (Å²) in [5, 5.41) is 9.63. The second-order valence-electron chi connectivity index (χ2n) is 7.79. The van der Waals surface area contributed by atoms with Gasteiger partial charge in [-0.05, 0) is 17.7 Å². The summed E-state index contributed by atoms with van der Waals surface area (Å²) in [6, 6.07) is 8.85. The molecule has 1 fully saturated rings. The zero-order valence-corrected chi connectivity index (χ0v) is 18.0. The van der Waals surface area contributed by atoms with E-state index in [0.717, 1.165) is 0 Å². The molecule has 1 aromatic carbocycles. The van der Waals surface area contributed by atoms with Crippen LogP contribution in [0.2, 0.25) is 5.15 Å². The number of nitriles is 1. The van der Waals surface area contributed by atoms with Crippen molar-refractivity contribution in [3.63, 3.8) is 0 Å². The number of fused-ring (bicyclic) bond motifs is 1. The Balaban J connectivity index is 1.85.